The first-order chi connectivity index (χ1) is 13.2. The van der Waals surface area contributed by atoms with Crippen LogP contribution in [0.1, 0.15) is 66.1 Å². The van der Waals surface area contributed by atoms with Crippen molar-refractivity contribution in [3.05, 3.63) is 41.2 Å². The van der Waals surface area contributed by atoms with E-state index >= 15 is 0 Å². The zero-order valence-electron chi connectivity index (χ0n) is 16.0. The summed E-state index contributed by atoms with van der Waals surface area (Å²) in [6.07, 6.45) is 11.0. The molecule has 1 N–H and O–H groups in total. The number of aromatic nitrogens is 4. The molecule has 0 radical (unpaired) electrons. The average Bonchev–Trinajstić information content (AvgIpc) is 2.97. The quantitative estimate of drug-likeness (QED) is 0.897. The summed E-state index contributed by atoms with van der Waals surface area (Å²) in [5.41, 5.74) is 3.30. The van der Waals surface area contributed by atoms with Crippen LogP contribution in [0.5, 0.6) is 0 Å². The van der Waals surface area contributed by atoms with Gasteiger partial charge in [0.2, 0.25) is 0 Å². The lowest BCUT2D eigenvalue weighted by Gasteiger charge is -2.33. The van der Waals surface area contributed by atoms with Crippen LogP contribution in [0.25, 0.3) is 0 Å². The minimum Gasteiger partial charge on any atom is -0.345 e. The van der Waals surface area contributed by atoms with E-state index in [2.05, 4.69) is 30.9 Å². The molecule has 0 bridgehead atoms. The molecule has 144 valence electrons. The topological polar surface area (TPSA) is 75.9 Å². The first kappa shape index (κ1) is 18.1. The van der Waals surface area contributed by atoms with E-state index in [1.165, 1.54) is 44.0 Å². The first-order valence-corrected chi connectivity index (χ1v) is 10.1. The van der Waals surface area contributed by atoms with Crippen LogP contribution < -0.4 is 5.32 Å². The molecule has 2 aromatic rings. The lowest BCUT2D eigenvalue weighted by atomic mass is 9.94. The van der Waals surface area contributed by atoms with Crippen molar-refractivity contribution in [2.45, 2.75) is 71.1 Å². The molecule has 27 heavy (non-hydrogen) atoms. The number of carbonyl (C=O) groups is 1. The zero-order valence-corrected chi connectivity index (χ0v) is 16.0. The number of rotatable bonds is 4. The van der Waals surface area contributed by atoms with Gasteiger partial charge in [-0.1, -0.05) is 19.3 Å². The third-order valence-corrected chi connectivity index (χ3v) is 5.63. The van der Waals surface area contributed by atoms with E-state index in [1.54, 1.807) is 6.20 Å². The molecule has 0 atom stereocenters. The standard InChI is InChI=1S/C20H28N6O/c1-15-11-22-19(13-21-15)20(27)23-12-16-10-18-14-25(8-5-9-26(18)24-16)17-6-3-2-4-7-17/h10-11,13,17H,2-9,12,14H2,1H3,(H,23,27). The summed E-state index contributed by atoms with van der Waals surface area (Å²) in [5.74, 6) is -0.213. The lowest BCUT2D eigenvalue weighted by molar-refractivity contribution is 0.0945. The van der Waals surface area contributed by atoms with Gasteiger partial charge in [0.1, 0.15) is 5.69 Å². The highest BCUT2D eigenvalue weighted by Crippen LogP contribution is 2.26. The van der Waals surface area contributed by atoms with E-state index in [9.17, 15) is 4.79 Å². The van der Waals surface area contributed by atoms with Gasteiger partial charge in [0.05, 0.1) is 29.8 Å². The molecule has 0 spiro atoms. The summed E-state index contributed by atoms with van der Waals surface area (Å²) < 4.78 is 2.12. The molecule has 7 nitrogen and oxygen atoms in total. The van der Waals surface area contributed by atoms with Gasteiger partial charge in [0.15, 0.2) is 0 Å². The summed E-state index contributed by atoms with van der Waals surface area (Å²) in [7, 11) is 0. The van der Waals surface area contributed by atoms with Crippen LogP contribution in [0.15, 0.2) is 18.5 Å². The summed E-state index contributed by atoms with van der Waals surface area (Å²) in [5, 5.41) is 7.61. The average molecular weight is 368 g/mol. The lowest BCUT2D eigenvalue weighted by Crippen LogP contribution is -2.36. The SMILES string of the molecule is Cc1cnc(C(=O)NCc2cc3n(n2)CCCN(C2CCCCC2)C3)cn1. The van der Waals surface area contributed by atoms with Gasteiger partial charge in [-0.2, -0.15) is 5.10 Å². The van der Waals surface area contributed by atoms with E-state index in [0.29, 0.717) is 12.2 Å². The van der Waals surface area contributed by atoms with Crippen molar-refractivity contribution in [2.24, 2.45) is 0 Å². The fraction of sp³-hybridized carbons (Fsp3) is 0.600. The van der Waals surface area contributed by atoms with Crippen LogP contribution in [0.4, 0.5) is 0 Å². The minimum absolute atomic E-state index is 0.213. The number of hydrogen-bond acceptors (Lipinski definition) is 5. The highest BCUT2D eigenvalue weighted by Gasteiger charge is 2.24. The maximum absolute atomic E-state index is 12.2. The van der Waals surface area contributed by atoms with Crippen LogP contribution in [0.3, 0.4) is 0 Å². The molecule has 2 aromatic heterocycles. The Morgan fingerprint density at radius 3 is 2.78 bits per heavy atom. The van der Waals surface area contributed by atoms with Gasteiger partial charge in [-0.05, 0) is 32.3 Å². The maximum Gasteiger partial charge on any atom is 0.271 e. The molecule has 4 rings (SSSR count). The third kappa shape index (κ3) is 4.35. The molecule has 1 aliphatic heterocycles. The molecule has 0 aromatic carbocycles. The van der Waals surface area contributed by atoms with Crippen molar-refractivity contribution in [3.8, 4) is 0 Å². The van der Waals surface area contributed by atoms with Crippen molar-refractivity contribution in [1.29, 1.82) is 0 Å². The molecule has 7 heteroatoms. The van der Waals surface area contributed by atoms with Crippen LogP contribution in [-0.4, -0.2) is 43.1 Å². The van der Waals surface area contributed by atoms with Gasteiger partial charge in [-0.15, -0.1) is 0 Å². The van der Waals surface area contributed by atoms with Crippen LogP contribution >= 0.6 is 0 Å². The Hall–Kier alpha value is -2.28. The predicted octanol–water partition coefficient (Wildman–Crippen LogP) is 2.45. The van der Waals surface area contributed by atoms with Gasteiger partial charge in [-0.25, -0.2) is 4.98 Å². The number of amides is 1. The largest absolute Gasteiger partial charge is 0.345 e. The smallest absolute Gasteiger partial charge is 0.271 e. The normalized spacial score (nSPS) is 18.7. The molecular formula is C20H28N6O. The Morgan fingerprint density at radius 2 is 2.00 bits per heavy atom. The molecule has 0 unspecified atom stereocenters. The van der Waals surface area contributed by atoms with Gasteiger partial charge in [0.25, 0.3) is 5.91 Å². The monoisotopic (exact) mass is 368 g/mol. The van der Waals surface area contributed by atoms with Crippen LogP contribution in [0, 0.1) is 6.92 Å². The highest BCUT2D eigenvalue weighted by molar-refractivity contribution is 5.91. The predicted molar refractivity (Wildman–Crippen MR) is 102 cm³/mol. The molecule has 3 heterocycles. The third-order valence-electron chi connectivity index (χ3n) is 5.63. The van der Waals surface area contributed by atoms with Crippen molar-refractivity contribution in [2.75, 3.05) is 6.54 Å². The Labute approximate surface area is 160 Å². The van der Waals surface area contributed by atoms with Crippen molar-refractivity contribution in [3.63, 3.8) is 0 Å². The Bertz CT molecular complexity index is 778. The van der Waals surface area contributed by atoms with Crippen molar-refractivity contribution < 1.29 is 4.79 Å². The maximum atomic E-state index is 12.2. The highest BCUT2D eigenvalue weighted by atomic mass is 16.1. The van der Waals surface area contributed by atoms with Gasteiger partial charge in [-0.3, -0.25) is 19.4 Å². The molecule has 1 saturated carbocycles. The van der Waals surface area contributed by atoms with Crippen molar-refractivity contribution in [1.82, 2.24) is 30.0 Å². The van der Waals surface area contributed by atoms with Crippen LogP contribution in [0.2, 0.25) is 0 Å². The first-order valence-electron chi connectivity index (χ1n) is 10.1. The van der Waals surface area contributed by atoms with Gasteiger partial charge in [0, 0.05) is 31.9 Å². The Morgan fingerprint density at radius 1 is 1.15 bits per heavy atom. The number of fused-ring (bicyclic) bond motifs is 1. The second-order valence-corrected chi connectivity index (χ2v) is 7.69. The molecule has 1 aliphatic carbocycles. The summed E-state index contributed by atoms with van der Waals surface area (Å²) in [6, 6.07) is 2.87. The van der Waals surface area contributed by atoms with E-state index in [4.69, 9.17) is 5.10 Å². The number of aryl methyl sites for hydroxylation is 2. The zero-order chi connectivity index (χ0) is 18.6. The van der Waals surface area contributed by atoms with E-state index < -0.39 is 0 Å². The molecular weight excluding hydrogens is 340 g/mol. The van der Waals surface area contributed by atoms with E-state index in [-0.39, 0.29) is 5.91 Å². The van der Waals surface area contributed by atoms with Gasteiger partial charge < -0.3 is 5.32 Å². The van der Waals surface area contributed by atoms with Crippen LogP contribution in [-0.2, 0) is 19.6 Å². The van der Waals surface area contributed by atoms with Crippen molar-refractivity contribution >= 4 is 5.91 Å². The molecule has 0 saturated heterocycles. The summed E-state index contributed by atoms with van der Waals surface area (Å²) in [4.78, 5) is 23.1. The fourth-order valence-corrected chi connectivity index (χ4v) is 4.16. The van der Waals surface area contributed by atoms with Gasteiger partial charge >= 0.3 is 0 Å². The molecule has 1 amide bonds. The molecule has 1 fully saturated rings. The second-order valence-electron chi connectivity index (χ2n) is 7.69. The number of carbonyl (C=O) groups excluding carboxylic acids is 1. The Kier molecular flexibility index (Phi) is 5.48. The minimum atomic E-state index is -0.213. The fourth-order valence-electron chi connectivity index (χ4n) is 4.16. The second kappa shape index (κ2) is 8.17. The molecule has 2 aliphatic rings. The summed E-state index contributed by atoms with van der Waals surface area (Å²) in [6.45, 7) is 5.35. The Balaban J connectivity index is 1.38. The number of nitrogens with zero attached hydrogens (tertiary/aromatic N) is 5. The van der Waals surface area contributed by atoms with E-state index in [1.807, 2.05) is 6.92 Å². The summed E-state index contributed by atoms with van der Waals surface area (Å²) >= 11 is 0. The van der Waals surface area contributed by atoms with E-state index in [0.717, 1.165) is 43.5 Å². The number of hydrogen-bond donors (Lipinski definition) is 1. The number of nitrogens with one attached hydrogen (secondary N) is 1.